The first-order valence-electron chi connectivity index (χ1n) is 8.98. The molecule has 3 unspecified atom stereocenters. The quantitative estimate of drug-likeness (QED) is 0.791. The molecule has 2 rings (SSSR count). The lowest BCUT2D eigenvalue weighted by molar-refractivity contribution is 0.000625. The van der Waals surface area contributed by atoms with E-state index >= 15 is 0 Å². The normalized spacial score (nSPS) is 33.4. The van der Waals surface area contributed by atoms with E-state index < -0.39 is 5.60 Å². The number of nitrogens with one attached hydrogen (secondary N) is 1. The second kappa shape index (κ2) is 6.97. The van der Waals surface area contributed by atoms with Crippen LogP contribution >= 0.6 is 0 Å². The zero-order valence-corrected chi connectivity index (χ0v) is 14.7. The monoisotopic (exact) mass is 296 g/mol. The van der Waals surface area contributed by atoms with Gasteiger partial charge in [0.25, 0.3) is 0 Å². The van der Waals surface area contributed by atoms with Gasteiger partial charge in [-0.25, -0.2) is 0 Å². The molecule has 0 amide bonds. The van der Waals surface area contributed by atoms with E-state index in [9.17, 15) is 5.11 Å². The third-order valence-electron chi connectivity index (χ3n) is 5.40. The van der Waals surface area contributed by atoms with Crippen molar-refractivity contribution in [3.8, 4) is 0 Å². The van der Waals surface area contributed by atoms with Crippen LogP contribution in [0.2, 0.25) is 0 Å². The minimum absolute atomic E-state index is 0.545. The molecule has 0 spiro atoms. The second-order valence-corrected chi connectivity index (χ2v) is 8.50. The van der Waals surface area contributed by atoms with Crippen LogP contribution in [0.15, 0.2) is 0 Å². The van der Waals surface area contributed by atoms with Crippen LogP contribution < -0.4 is 5.32 Å². The van der Waals surface area contributed by atoms with E-state index in [1.807, 2.05) is 6.92 Å². The summed E-state index contributed by atoms with van der Waals surface area (Å²) in [6, 6.07) is 1.28. The summed E-state index contributed by atoms with van der Waals surface area (Å²) in [7, 11) is 0. The topological polar surface area (TPSA) is 35.5 Å². The van der Waals surface area contributed by atoms with Crippen LogP contribution in [-0.4, -0.2) is 47.3 Å². The van der Waals surface area contributed by atoms with Crippen molar-refractivity contribution in [1.29, 1.82) is 0 Å². The van der Waals surface area contributed by atoms with Gasteiger partial charge in [0.2, 0.25) is 0 Å². The molecule has 0 aromatic rings. The van der Waals surface area contributed by atoms with Crippen molar-refractivity contribution in [2.45, 2.75) is 78.0 Å². The van der Waals surface area contributed by atoms with Gasteiger partial charge < -0.3 is 15.3 Å². The highest BCUT2D eigenvalue weighted by Crippen LogP contribution is 2.36. The summed E-state index contributed by atoms with van der Waals surface area (Å²) >= 11 is 0. The molecule has 2 fully saturated rings. The first-order chi connectivity index (χ1) is 9.78. The first-order valence-corrected chi connectivity index (χ1v) is 8.98. The average molecular weight is 296 g/mol. The number of hydrogen-bond acceptors (Lipinski definition) is 3. The Hall–Kier alpha value is -0.120. The van der Waals surface area contributed by atoms with Gasteiger partial charge in [-0.15, -0.1) is 0 Å². The van der Waals surface area contributed by atoms with E-state index in [4.69, 9.17) is 0 Å². The summed E-state index contributed by atoms with van der Waals surface area (Å²) in [5.41, 5.74) is -0.572. The van der Waals surface area contributed by atoms with E-state index in [1.165, 1.54) is 32.4 Å². The number of hydrogen-bond donors (Lipinski definition) is 2. The lowest BCUT2D eigenvalue weighted by Crippen LogP contribution is -2.60. The molecule has 3 atom stereocenters. The zero-order valence-electron chi connectivity index (χ0n) is 14.7. The Morgan fingerprint density at radius 3 is 2.19 bits per heavy atom. The number of rotatable bonds is 6. The van der Waals surface area contributed by atoms with Crippen molar-refractivity contribution in [2.24, 2.45) is 17.8 Å². The predicted octanol–water partition coefficient (Wildman–Crippen LogP) is 2.88. The fourth-order valence-corrected chi connectivity index (χ4v) is 4.52. The highest BCUT2D eigenvalue weighted by molar-refractivity contribution is 4.96. The highest BCUT2D eigenvalue weighted by Gasteiger charge is 2.40. The van der Waals surface area contributed by atoms with E-state index in [-0.39, 0.29) is 0 Å². The molecule has 1 aliphatic carbocycles. The molecule has 0 radical (unpaired) electrons. The Labute approximate surface area is 131 Å². The van der Waals surface area contributed by atoms with Crippen molar-refractivity contribution in [3.05, 3.63) is 0 Å². The van der Waals surface area contributed by atoms with Gasteiger partial charge in [0.1, 0.15) is 0 Å². The van der Waals surface area contributed by atoms with Crippen molar-refractivity contribution in [2.75, 3.05) is 19.6 Å². The SMILES string of the molecule is CC(C)CC(C)(O)CNC1C2CCCC1CN(C(C)C)C2. The molecule has 2 bridgehead atoms. The molecule has 0 aromatic heterocycles. The summed E-state index contributed by atoms with van der Waals surface area (Å²) in [4.78, 5) is 2.65. The first kappa shape index (κ1) is 17.2. The molecule has 1 aliphatic heterocycles. The van der Waals surface area contributed by atoms with E-state index in [2.05, 4.69) is 37.9 Å². The Morgan fingerprint density at radius 2 is 1.71 bits per heavy atom. The molecular formula is C18H36N2O. The molecule has 1 saturated carbocycles. The number of aliphatic hydroxyl groups is 1. The predicted molar refractivity (Wildman–Crippen MR) is 89.4 cm³/mol. The van der Waals surface area contributed by atoms with Gasteiger partial charge >= 0.3 is 0 Å². The van der Waals surface area contributed by atoms with Crippen LogP contribution in [0.4, 0.5) is 0 Å². The van der Waals surface area contributed by atoms with Gasteiger partial charge in [-0.1, -0.05) is 20.3 Å². The fourth-order valence-electron chi connectivity index (χ4n) is 4.52. The summed E-state index contributed by atoms with van der Waals surface area (Å²) in [5.74, 6) is 2.09. The summed E-state index contributed by atoms with van der Waals surface area (Å²) in [6.45, 7) is 14.2. The Balaban J connectivity index is 1.91. The van der Waals surface area contributed by atoms with Crippen molar-refractivity contribution < 1.29 is 5.11 Å². The van der Waals surface area contributed by atoms with Gasteiger partial charge in [0.15, 0.2) is 0 Å². The minimum atomic E-state index is -0.572. The van der Waals surface area contributed by atoms with Crippen molar-refractivity contribution >= 4 is 0 Å². The van der Waals surface area contributed by atoms with Crippen molar-refractivity contribution in [3.63, 3.8) is 0 Å². The maximum Gasteiger partial charge on any atom is 0.0746 e. The van der Waals surface area contributed by atoms with Crippen molar-refractivity contribution in [1.82, 2.24) is 10.2 Å². The van der Waals surface area contributed by atoms with Crippen LogP contribution in [0.3, 0.4) is 0 Å². The molecule has 21 heavy (non-hydrogen) atoms. The molecule has 1 heterocycles. The average Bonchev–Trinajstić information content (AvgIpc) is 2.33. The van der Waals surface area contributed by atoms with E-state index in [0.717, 1.165) is 24.8 Å². The minimum Gasteiger partial charge on any atom is -0.389 e. The number of nitrogens with zero attached hydrogens (tertiary/aromatic N) is 1. The number of likely N-dealkylation sites (tertiary alicyclic amines) is 1. The molecule has 0 aromatic carbocycles. The van der Waals surface area contributed by atoms with Gasteiger partial charge in [0, 0.05) is 31.7 Å². The van der Waals surface area contributed by atoms with Crippen LogP contribution in [0, 0.1) is 17.8 Å². The summed E-state index contributed by atoms with van der Waals surface area (Å²) in [5, 5.41) is 14.3. The smallest absolute Gasteiger partial charge is 0.0746 e. The Morgan fingerprint density at radius 1 is 1.14 bits per heavy atom. The Kier molecular flexibility index (Phi) is 5.72. The Bertz CT molecular complexity index is 313. The molecule has 2 N–H and O–H groups in total. The number of fused-ring (bicyclic) bond motifs is 2. The molecule has 2 aliphatic rings. The largest absolute Gasteiger partial charge is 0.389 e. The zero-order chi connectivity index (χ0) is 15.6. The summed E-state index contributed by atoms with van der Waals surface area (Å²) in [6.07, 6.45) is 4.97. The van der Waals surface area contributed by atoms with E-state index in [0.29, 0.717) is 18.0 Å². The lowest BCUT2D eigenvalue weighted by atomic mass is 9.73. The van der Waals surface area contributed by atoms with E-state index in [1.54, 1.807) is 0 Å². The fraction of sp³-hybridized carbons (Fsp3) is 1.00. The second-order valence-electron chi connectivity index (χ2n) is 8.50. The van der Waals surface area contributed by atoms with Crippen LogP contribution in [0.5, 0.6) is 0 Å². The molecular weight excluding hydrogens is 260 g/mol. The number of piperidine rings is 1. The van der Waals surface area contributed by atoms with Gasteiger partial charge in [-0.2, -0.15) is 0 Å². The third kappa shape index (κ3) is 4.67. The maximum absolute atomic E-state index is 10.5. The molecule has 1 saturated heterocycles. The molecule has 3 nitrogen and oxygen atoms in total. The van der Waals surface area contributed by atoms with Crippen LogP contribution in [0.1, 0.15) is 60.3 Å². The maximum atomic E-state index is 10.5. The van der Waals surface area contributed by atoms with Crippen LogP contribution in [-0.2, 0) is 0 Å². The molecule has 3 heteroatoms. The standard InChI is InChI=1S/C18H36N2O/c1-13(2)9-18(5,21)12-19-17-15-7-6-8-16(17)11-20(10-15)14(3)4/h13-17,19,21H,6-12H2,1-5H3. The summed E-state index contributed by atoms with van der Waals surface area (Å²) < 4.78 is 0. The van der Waals surface area contributed by atoms with Gasteiger partial charge in [-0.3, -0.25) is 0 Å². The molecule has 124 valence electrons. The van der Waals surface area contributed by atoms with Gasteiger partial charge in [-0.05, 0) is 57.8 Å². The van der Waals surface area contributed by atoms with Gasteiger partial charge in [0.05, 0.1) is 5.60 Å². The third-order valence-corrected chi connectivity index (χ3v) is 5.40. The lowest BCUT2D eigenvalue weighted by Gasteiger charge is -2.49. The highest BCUT2D eigenvalue weighted by atomic mass is 16.3. The van der Waals surface area contributed by atoms with Crippen LogP contribution in [0.25, 0.3) is 0 Å².